The average molecular weight is 660 g/mol. The van der Waals surface area contributed by atoms with Crippen LogP contribution in [0.5, 0.6) is 0 Å². The van der Waals surface area contributed by atoms with Crippen molar-refractivity contribution >= 4 is 65.4 Å². The van der Waals surface area contributed by atoms with Crippen molar-refractivity contribution in [3.8, 4) is 11.4 Å². The van der Waals surface area contributed by atoms with Crippen molar-refractivity contribution in [1.82, 2.24) is 13.7 Å². The molecule has 4 atom stereocenters. The second kappa shape index (κ2) is 11.2. The van der Waals surface area contributed by atoms with Crippen LogP contribution in [0.3, 0.4) is 0 Å². The third-order valence-corrected chi connectivity index (χ3v) is 12.5. The van der Waals surface area contributed by atoms with Gasteiger partial charge in [-0.1, -0.05) is 105 Å². The maximum Gasteiger partial charge on any atom is 0.0541 e. The molecule has 11 rings (SSSR count). The molecule has 2 aliphatic carbocycles. The molecule has 4 unspecified atom stereocenters. The number of nitrogens with zero attached hydrogens (tertiary/aromatic N) is 3. The quantitative estimate of drug-likeness (QED) is 0.151. The first-order valence-electron chi connectivity index (χ1n) is 19.0. The zero-order chi connectivity index (χ0) is 33.6. The molecule has 3 nitrogen and oxygen atoms in total. The highest BCUT2D eigenvalue weighted by Crippen LogP contribution is 2.51. The van der Waals surface area contributed by atoms with Gasteiger partial charge in [-0.25, -0.2) is 0 Å². The Morgan fingerprint density at radius 2 is 0.980 bits per heavy atom. The number of unbranched alkanes of at least 4 members (excludes halogenated alkanes) is 1. The highest BCUT2D eigenvalue weighted by molar-refractivity contribution is 6.13. The van der Waals surface area contributed by atoms with Crippen molar-refractivity contribution in [3.05, 3.63) is 146 Å². The SMILES string of the molecule is CCCCC(C1CC2C=CC1C2)n1c2ccc(-n3c4ccccc4c4ccccc43)cc2c2cc(-n3c4ccccc4c4ccccc43)ccc21. The summed E-state index contributed by atoms with van der Waals surface area (Å²) in [4.78, 5) is 0. The highest BCUT2D eigenvalue weighted by Gasteiger charge is 2.41. The molecule has 2 aliphatic rings. The number of hydrogen-bond acceptors (Lipinski definition) is 0. The van der Waals surface area contributed by atoms with Gasteiger partial charge in [0.05, 0.1) is 22.1 Å². The average Bonchev–Trinajstić information content (AvgIpc) is 4.01. The number of allylic oxidation sites excluding steroid dienone is 2. The molecule has 0 radical (unpaired) electrons. The number of para-hydroxylation sites is 4. The van der Waals surface area contributed by atoms with Gasteiger partial charge in [0.2, 0.25) is 0 Å². The van der Waals surface area contributed by atoms with Crippen molar-refractivity contribution < 1.29 is 0 Å². The van der Waals surface area contributed by atoms with Gasteiger partial charge in [-0.05, 0) is 97.7 Å². The van der Waals surface area contributed by atoms with Crippen LogP contribution >= 0.6 is 0 Å². The molecule has 1 fully saturated rings. The number of fused-ring (bicyclic) bond motifs is 11. The molecule has 248 valence electrons. The Morgan fingerprint density at radius 1 is 0.510 bits per heavy atom. The molecule has 6 aromatic carbocycles. The monoisotopic (exact) mass is 659 g/mol. The van der Waals surface area contributed by atoms with Crippen molar-refractivity contribution in [2.45, 2.75) is 45.1 Å². The van der Waals surface area contributed by atoms with Gasteiger partial charge in [0, 0.05) is 60.8 Å². The third kappa shape index (κ3) is 4.24. The van der Waals surface area contributed by atoms with Crippen LogP contribution in [0.15, 0.2) is 146 Å². The molecule has 0 saturated heterocycles. The van der Waals surface area contributed by atoms with Crippen molar-refractivity contribution in [2.75, 3.05) is 0 Å². The Hall–Kier alpha value is -5.54. The van der Waals surface area contributed by atoms with Crippen LogP contribution in [0.2, 0.25) is 0 Å². The van der Waals surface area contributed by atoms with Crippen LogP contribution in [-0.4, -0.2) is 13.7 Å². The molecule has 3 aromatic heterocycles. The molecule has 51 heavy (non-hydrogen) atoms. The molecule has 0 amide bonds. The Balaban J connectivity index is 1.20. The first kappa shape index (κ1) is 29.2. The lowest BCUT2D eigenvalue weighted by molar-refractivity contribution is 0.277. The lowest BCUT2D eigenvalue weighted by Crippen LogP contribution is -2.23. The lowest BCUT2D eigenvalue weighted by atomic mass is 9.84. The third-order valence-electron chi connectivity index (χ3n) is 12.5. The molecular formula is C48H41N3. The maximum atomic E-state index is 2.78. The van der Waals surface area contributed by atoms with E-state index in [1.807, 2.05) is 0 Å². The zero-order valence-electron chi connectivity index (χ0n) is 29.0. The molecule has 3 heteroatoms. The molecule has 0 spiro atoms. The molecule has 1 saturated carbocycles. The van der Waals surface area contributed by atoms with Crippen LogP contribution < -0.4 is 0 Å². The van der Waals surface area contributed by atoms with Gasteiger partial charge in [-0.15, -0.1) is 0 Å². The fourth-order valence-corrected chi connectivity index (χ4v) is 10.3. The zero-order valence-corrected chi connectivity index (χ0v) is 29.0. The van der Waals surface area contributed by atoms with E-state index in [-0.39, 0.29) is 0 Å². The molecule has 3 heterocycles. The summed E-state index contributed by atoms with van der Waals surface area (Å²) in [5, 5.41) is 7.88. The summed E-state index contributed by atoms with van der Waals surface area (Å²) in [5.74, 6) is 2.12. The number of rotatable bonds is 7. The fourth-order valence-electron chi connectivity index (χ4n) is 10.3. The Morgan fingerprint density at radius 3 is 1.39 bits per heavy atom. The van der Waals surface area contributed by atoms with E-state index in [4.69, 9.17) is 0 Å². The minimum Gasteiger partial charge on any atom is -0.337 e. The van der Waals surface area contributed by atoms with E-state index in [2.05, 4.69) is 166 Å². The lowest BCUT2D eigenvalue weighted by Gasteiger charge is -2.31. The standard InChI is InChI=1S/C48H41N3/c1-2-3-16-46(39-28-31-21-22-32(39)27-31)51-47-25-23-33(49-42-17-8-4-12-35(42)36-13-5-9-18-43(36)49)29-40(47)41-30-34(24-26-48(41)51)50-44-19-10-6-14-37(44)38-15-7-11-20-45(38)50/h4-15,17-26,29-32,39,46H,2-3,16,27-28H2,1H3. The van der Waals surface area contributed by atoms with Crippen LogP contribution in [0.25, 0.3) is 76.8 Å². The largest absolute Gasteiger partial charge is 0.337 e. The molecule has 0 N–H and O–H groups in total. The second-order valence-electron chi connectivity index (χ2n) is 15.2. The normalized spacial score (nSPS) is 19.2. The Labute approximate surface area is 298 Å². The van der Waals surface area contributed by atoms with Crippen molar-refractivity contribution in [2.24, 2.45) is 17.8 Å². The van der Waals surface area contributed by atoms with Crippen molar-refractivity contribution in [1.29, 1.82) is 0 Å². The van der Waals surface area contributed by atoms with Crippen molar-refractivity contribution in [3.63, 3.8) is 0 Å². The molecular weight excluding hydrogens is 619 g/mol. The van der Waals surface area contributed by atoms with E-state index in [1.165, 1.54) is 109 Å². The maximum absolute atomic E-state index is 2.78. The van der Waals surface area contributed by atoms with Gasteiger partial charge in [0.25, 0.3) is 0 Å². The number of benzene rings is 6. The van der Waals surface area contributed by atoms with E-state index < -0.39 is 0 Å². The van der Waals surface area contributed by atoms with Gasteiger partial charge in [-0.2, -0.15) is 0 Å². The summed E-state index contributed by atoms with van der Waals surface area (Å²) in [6, 6.07) is 50.5. The van der Waals surface area contributed by atoms with Crippen LogP contribution in [0.4, 0.5) is 0 Å². The second-order valence-corrected chi connectivity index (χ2v) is 15.2. The molecule has 2 bridgehead atoms. The summed E-state index contributed by atoms with van der Waals surface area (Å²) >= 11 is 0. The predicted molar refractivity (Wildman–Crippen MR) is 216 cm³/mol. The summed E-state index contributed by atoms with van der Waals surface area (Å²) in [7, 11) is 0. The van der Waals surface area contributed by atoms with E-state index in [0.29, 0.717) is 17.9 Å². The minimum absolute atomic E-state index is 0.475. The van der Waals surface area contributed by atoms with Crippen LogP contribution in [0.1, 0.15) is 45.1 Å². The van der Waals surface area contributed by atoms with E-state index in [0.717, 1.165) is 5.92 Å². The van der Waals surface area contributed by atoms with Gasteiger partial charge in [0.15, 0.2) is 0 Å². The van der Waals surface area contributed by atoms with E-state index >= 15 is 0 Å². The topological polar surface area (TPSA) is 14.8 Å². The fraction of sp³-hybridized carbons (Fsp3) is 0.208. The molecule has 0 aliphatic heterocycles. The van der Waals surface area contributed by atoms with Gasteiger partial charge >= 0.3 is 0 Å². The first-order valence-corrected chi connectivity index (χ1v) is 19.0. The van der Waals surface area contributed by atoms with E-state index in [9.17, 15) is 0 Å². The van der Waals surface area contributed by atoms with Gasteiger partial charge in [-0.3, -0.25) is 0 Å². The predicted octanol–water partition coefficient (Wildman–Crippen LogP) is 12.9. The van der Waals surface area contributed by atoms with Crippen LogP contribution in [0, 0.1) is 17.8 Å². The molecule has 9 aromatic rings. The van der Waals surface area contributed by atoms with Gasteiger partial charge in [0.1, 0.15) is 0 Å². The smallest absolute Gasteiger partial charge is 0.0541 e. The van der Waals surface area contributed by atoms with Crippen LogP contribution in [-0.2, 0) is 0 Å². The Bertz CT molecular complexity index is 2560. The summed E-state index contributed by atoms with van der Waals surface area (Å²) in [5.41, 5.74) is 10.2. The number of hydrogen-bond donors (Lipinski definition) is 0. The summed E-state index contributed by atoms with van der Waals surface area (Å²) < 4.78 is 7.73. The summed E-state index contributed by atoms with van der Waals surface area (Å²) in [6.07, 6.45) is 11.4. The number of aromatic nitrogens is 3. The Kier molecular flexibility index (Phi) is 6.44. The van der Waals surface area contributed by atoms with E-state index in [1.54, 1.807) is 0 Å². The minimum atomic E-state index is 0.475. The first-order chi connectivity index (χ1) is 25.3. The highest BCUT2D eigenvalue weighted by atomic mass is 15.0. The summed E-state index contributed by atoms with van der Waals surface area (Å²) in [6.45, 7) is 2.35. The van der Waals surface area contributed by atoms with Gasteiger partial charge < -0.3 is 13.7 Å².